The Hall–Kier alpha value is -0.566. The van der Waals surface area contributed by atoms with E-state index >= 15 is 0 Å². The Labute approximate surface area is 188 Å². The topological polar surface area (TPSA) is 3.24 Å². The zero-order valence-corrected chi connectivity index (χ0v) is 19.8. The van der Waals surface area contributed by atoms with Crippen LogP contribution in [-0.2, 0) is 27.2 Å². The Bertz CT molecular complexity index is 855. The predicted molar refractivity (Wildman–Crippen MR) is 105 cm³/mol. The molecule has 0 atom stereocenters. The van der Waals surface area contributed by atoms with Gasteiger partial charge in [-0.15, -0.1) is 0 Å². The summed E-state index contributed by atoms with van der Waals surface area (Å²) >= 11 is 2.26. The van der Waals surface area contributed by atoms with Crippen LogP contribution in [0.3, 0.4) is 0 Å². The van der Waals surface area contributed by atoms with Crippen LogP contribution in [0.15, 0.2) is 53.1 Å². The summed E-state index contributed by atoms with van der Waals surface area (Å²) in [5.74, 6) is 0. The summed E-state index contributed by atoms with van der Waals surface area (Å²) in [6, 6.07) is 13.5. The molecule has 27 heavy (non-hydrogen) atoms. The molecule has 1 aliphatic rings. The van der Waals surface area contributed by atoms with Crippen molar-refractivity contribution in [2.24, 2.45) is 0 Å². The second-order valence-electron chi connectivity index (χ2n) is 7.27. The Morgan fingerprint density at radius 3 is 2.30 bits per heavy atom. The van der Waals surface area contributed by atoms with Gasteiger partial charge in [-0.3, -0.25) is 0 Å². The van der Waals surface area contributed by atoms with E-state index in [1.165, 1.54) is 57.0 Å². The van der Waals surface area contributed by atoms with Gasteiger partial charge < -0.3 is 24.8 Å². The van der Waals surface area contributed by atoms with Crippen LogP contribution in [0.2, 0.25) is 0 Å². The van der Waals surface area contributed by atoms with Gasteiger partial charge in [0.1, 0.15) is 0 Å². The Balaban J connectivity index is 0.00000182. The molecule has 0 bridgehead atoms. The van der Waals surface area contributed by atoms with Crippen molar-refractivity contribution in [2.75, 3.05) is 6.54 Å². The number of rotatable bonds is 6. The van der Waals surface area contributed by atoms with Crippen molar-refractivity contribution in [3.63, 3.8) is 0 Å². The second-order valence-corrected chi connectivity index (χ2v) is 8.26. The molecule has 3 rings (SSSR count). The predicted octanol–water partition coefficient (Wildman–Crippen LogP) is 0.425. The van der Waals surface area contributed by atoms with E-state index in [0.717, 1.165) is 19.5 Å². The molecule has 2 aromatic rings. The fourth-order valence-corrected chi connectivity index (χ4v) is 4.28. The molecule has 2 aromatic carbocycles. The molecule has 1 aliphatic carbocycles. The fourth-order valence-electron chi connectivity index (χ4n) is 3.78. The van der Waals surface area contributed by atoms with Crippen LogP contribution < -0.4 is 24.8 Å². The van der Waals surface area contributed by atoms with E-state index < -0.39 is 0 Å². The maximum absolute atomic E-state index is 2.48. The maximum atomic E-state index is 2.48. The van der Waals surface area contributed by atoms with E-state index in [4.69, 9.17) is 0 Å². The summed E-state index contributed by atoms with van der Waals surface area (Å²) in [6.07, 6.45) is 3.61. The number of halogens is 2. The molecule has 0 aliphatic heterocycles. The molecule has 143 valence electrons. The van der Waals surface area contributed by atoms with Crippen molar-refractivity contribution in [1.82, 2.24) is 3.38 Å². The Morgan fingerprint density at radius 2 is 1.67 bits per heavy atom. The van der Waals surface area contributed by atoms with Crippen LogP contribution in [0.1, 0.15) is 58.1 Å². The maximum Gasteiger partial charge on any atom is -1.00 e. The van der Waals surface area contributed by atoms with Crippen molar-refractivity contribution in [3.05, 3.63) is 64.2 Å². The number of nitrogens with zero attached hydrogens (tertiary/aromatic N) is 1. The number of hydrogen-bond donors (Lipinski definition) is 0. The molecule has 0 aromatic heterocycles. The van der Waals surface area contributed by atoms with Crippen LogP contribution in [0.5, 0.6) is 0 Å². The third-order valence-corrected chi connectivity index (χ3v) is 6.19. The third-order valence-electron chi connectivity index (χ3n) is 5.59. The molecule has 0 fully saturated rings. The van der Waals surface area contributed by atoms with E-state index in [1.54, 1.807) is 0 Å². The number of hydrogen-bond acceptors (Lipinski definition) is 1. The Kier molecular flexibility index (Phi) is 9.82. The largest absolute Gasteiger partial charge is 1.00 e. The molecule has 0 amide bonds. The third kappa shape index (κ3) is 5.28. The number of benzene rings is 2. The minimum Gasteiger partial charge on any atom is -1.00 e. The van der Waals surface area contributed by atoms with E-state index in [-0.39, 0.29) is 24.8 Å². The van der Waals surface area contributed by atoms with Crippen LogP contribution >= 0.6 is 0 Å². The first-order valence-corrected chi connectivity index (χ1v) is 10.1. The first kappa shape index (κ1) is 24.5. The number of fused-ring (bicyclic) bond motifs is 1. The molecule has 0 N–H and O–H groups in total. The van der Waals surface area contributed by atoms with Crippen LogP contribution in [-0.4, -0.2) is 9.93 Å². The van der Waals surface area contributed by atoms with Crippen molar-refractivity contribution < 1.29 is 45.5 Å². The molecular weight excluding hydrogens is 409 g/mol. The first-order chi connectivity index (χ1) is 12.0. The van der Waals surface area contributed by atoms with Crippen molar-refractivity contribution in [2.45, 2.75) is 53.5 Å². The smallest absolute Gasteiger partial charge is 1.00 e. The normalized spacial score (nSPS) is 14.0. The van der Waals surface area contributed by atoms with Gasteiger partial charge >= 0.3 is 165 Å². The summed E-state index contributed by atoms with van der Waals surface area (Å²) in [5, 5.41) is 2.76. The van der Waals surface area contributed by atoms with Crippen LogP contribution in [0.4, 0.5) is 0 Å². The van der Waals surface area contributed by atoms with Gasteiger partial charge in [-0.1, -0.05) is 0 Å². The summed E-state index contributed by atoms with van der Waals surface area (Å²) in [7, 11) is 0. The van der Waals surface area contributed by atoms with E-state index in [1.807, 2.05) is 0 Å². The Morgan fingerprint density at radius 1 is 0.963 bits per heavy atom. The van der Waals surface area contributed by atoms with E-state index in [2.05, 4.69) is 88.2 Å². The van der Waals surface area contributed by atoms with Crippen molar-refractivity contribution in [1.29, 1.82) is 0 Å². The van der Waals surface area contributed by atoms with Gasteiger partial charge in [0.05, 0.1) is 0 Å². The average molecular weight is 437 g/mol. The molecule has 0 radical (unpaired) electrons. The van der Waals surface area contributed by atoms with Gasteiger partial charge in [-0.05, 0) is 0 Å². The second kappa shape index (κ2) is 10.8. The molecule has 0 spiro atoms. The van der Waals surface area contributed by atoms with E-state index in [0.29, 0.717) is 0 Å². The number of allylic oxidation sites excluding steroid dienone is 4. The van der Waals surface area contributed by atoms with Gasteiger partial charge in [-0.25, -0.2) is 0 Å². The quantitative estimate of drug-likeness (QED) is 0.593. The van der Waals surface area contributed by atoms with Gasteiger partial charge in [0.2, 0.25) is 0 Å². The fraction of sp³-hybridized carbons (Fsp3) is 0.391. The number of unbranched alkanes of at least 4 members (excludes halogenated alkanes) is 1. The molecule has 0 saturated carbocycles. The van der Waals surface area contributed by atoms with Gasteiger partial charge in [-0.2, -0.15) is 0 Å². The van der Waals surface area contributed by atoms with E-state index in [9.17, 15) is 0 Å². The molecule has 0 heterocycles. The molecule has 0 saturated heterocycles. The summed E-state index contributed by atoms with van der Waals surface area (Å²) < 4.78 is 2.48. The van der Waals surface area contributed by atoms with Gasteiger partial charge in [0.25, 0.3) is 0 Å². The SMILES string of the molecule is CCCC[N]([Ti+2])Cc1c(C2=C(C)C(C)=C(C)C2)ccc2ccccc12.[Cl-].[Cl-]. The van der Waals surface area contributed by atoms with Gasteiger partial charge in [0, 0.05) is 0 Å². The molecule has 0 unspecified atom stereocenters. The zero-order chi connectivity index (χ0) is 18.0. The molecule has 4 heteroatoms. The van der Waals surface area contributed by atoms with Crippen molar-refractivity contribution >= 4 is 16.3 Å². The molecular formula is C23H28Cl2NTi. The van der Waals surface area contributed by atoms with Gasteiger partial charge in [0.15, 0.2) is 0 Å². The van der Waals surface area contributed by atoms with Crippen molar-refractivity contribution in [3.8, 4) is 0 Å². The standard InChI is InChI=1S/C23H28N.2ClH.Ti/c1-5-6-13-24-15-23-20-10-8-7-9-19(20)11-12-21(23)22-14-16(2)17(3)18(22)4;;;/h7-12H,5-6,13-15H2,1-4H3;2*1H;/q-1;;;+3/p-2. The monoisotopic (exact) mass is 436 g/mol. The zero-order valence-electron chi connectivity index (χ0n) is 16.7. The van der Waals surface area contributed by atoms with Crippen LogP contribution in [0, 0.1) is 0 Å². The van der Waals surface area contributed by atoms with Crippen LogP contribution in [0.25, 0.3) is 16.3 Å². The summed E-state index contributed by atoms with van der Waals surface area (Å²) in [4.78, 5) is 0. The minimum absolute atomic E-state index is 0. The minimum atomic E-state index is 0. The summed E-state index contributed by atoms with van der Waals surface area (Å²) in [5.41, 5.74) is 8.95. The summed E-state index contributed by atoms with van der Waals surface area (Å²) in [6.45, 7) is 11.3. The molecule has 1 nitrogen and oxygen atoms in total. The first-order valence-electron chi connectivity index (χ1n) is 9.36. The average Bonchev–Trinajstić information content (AvgIpc) is 2.87.